The largest absolute Gasteiger partial charge is 0.303 e. The smallest absolute Gasteiger partial charge is 0.250 e. The zero-order valence-corrected chi connectivity index (χ0v) is 14.1. The van der Waals surface area contributed by atoms with Crippen molar-refractivity contribution in [2.24, 2.45) is 0 Å². The van der Waals surface area contributed by atoms with Crippen molar-refractivity contribution in [2.45, 2.75) is 46.1 Å². The Kier molecular flexibility index (Phi) is 3.96. The molecule has 4 heteroatoms. The Bertz CT molecular complexity index is 899. The SMILES string of the molecule is CCC(C)Nc1cc(C(C)C)c(C#N)c2[nH]c3ccccc3[n+]12. The minimum atomic E-state index is 0.290. The van der Waals surface area contributed by atoms with Crippen molar-refractivity contribution in [3.63, 3.8) is 0 Å². The third-order valence-electron chi connectivity index (χ3n) is 4.42. The fraction of sp³-hybridized carbons (Fsp3) is 0.368. The Morgan fingerprint density at radius 1 is 1.26 bits per heavy atom. The number of fused-ring (bicyclic) bond motifs is 3. The minimum absolute atomic E-state index is 0.290. The van der Waals surface area contributed by atoms with Gasteiger partial charge in [-0.1, -0.05) is 32.9 Å². The van der Waals surface area contributed by atoms with Gasteiger partial charge in [-0.2, -0.15) is 9.66 Å². The molecule has 4 nitrogen and oxygen atoms in total. The molecule has 1 aromatic carbocycles. The van der Waals surface area contributed by atoms with E-state index in [0.717, 1.165) is 40.0 Å². The van der Waals surface area contributed by atoms with Crippen LogP contribution in [0.5, 0.6) is 0 Å². The number of pyridine rings is 1. The summed E-state index contributed by atoms with van der Waals surface area (Å²) in [5.41, 5.74) is 4.79. The van der Waals surface area contributed by atoms with Crippen molar-refractivity contribution in [2.75, 3.05) is 5.32 Å². The number of para-hydroxylation sites is 2. The first kappa shape index (κ1) is 15.4. The summed E-state index contributed by atoms with van der Waals surface area (Å²) in [4.78, 5) is 3.42. The van der Waals surface area contributed by atoms with Gasteiger partial charge in [0.2, 0.25) is 11.5 Å². The van der Waals surface area contributed by atoms with Crippen LogP contribution in [-0.4, -0.2) is 11.0 Å². The number of rotatable bonds is 4. The van der Waals surface area contributed by atoms with Crippen molar-refractivity contribution in [3.05, 3.63) is 41.5 Å². The van der Waals surface area contributed by atoms with Gasteiger partial charge in [-0.3, -0.25) is 4.98 Å². The first-order valence-corrected chi connectivity index (χ1v) is 8.22. The van der Waals surface area contributed by atoms with Gasteiger partial charge < -0.3 is 5.32 Å². The van der Waals surface area contributed by atoms with Gasteiger partial charge in [-0.25, -0.2) is 0 Å². The molecule has 0 amide bonds. The fourth-order valence-corrected chi connectivity index (χ4v) is 2.96. The lowest BCUT2D eigenvalue weighted by atomic mass is 9.99. The van der Waals surface area contributed by atoms with E-state index < -0.39 is 0 Å². The quantitative estimate of drug-likeness (QED) is 0.713. The maximum atomic E-state index is 9.71. The van der Waals surface area contributed by atoms with Gasteiger partial charge in [0.05, 0.1) is 6.04 Å². The average Bonchev–Trinajstić information content (AvgIpc) is 2.93. The summed E-state index contributed by atoms with van der Waals surface area (Å²) < 4.78 is 2.13. The van der Waals surface area contributed by atoms with Crippen molar-refractivity contribution in [3.8, 4) is 6.07 Å². The normalized spacial score (nSPS) is 12.7. The number of imidazole rings is 1. The van der Waals surface area contributed by atoms with Crippen LogP contribution in [0.3, 0.4) is 0 Å². The van der Waals surface area contributed by atoms with Crippen LogP contribution in [-0.2, 0) is 0 Å². The lowest BCUT2D eigenvalue weighted by Gasteiger charge is -2.13. The molecule has 2 N–H and O–H groups in total. The number of H-pyrrole nitrogens is 1. The number of nitrogens with zero attached hydrogens (tertiary/aromatic N) is 2. The van der Waals surface area contributed by atoms with E-state index in [-0.39, 0.29) is 0 Å². The van der Waals surface area contributed by atoms with Crippen LogP contribution < -0.4 is 9.72 Å². The van der Waals surface area contributed by atoms with Crippen LogP contribution in [0.4, 0.5) is 5.82 Å². The number of anilines is 1. The number of benzene rings is 1. The molecular formula is C19H23N4+. The van der Waals surface area contributed by atoms with E-state index in [1.54, 1.807) is 0 Å². The molecule has 0 aliphatic rings. The molecule has 23 heavy (non-hydrogen) atoms. The third-order valence-corrected chi connectivity index (χ3v) is 4.42. The Morgan fingerprint density at radius 2 is 2.00 bits per heavy atom. The predicted octanol–water partition coefficient (Wildman–Crippen LogP) is 4.11. The zero-order chi connectivity index (χ0) is 16.6. The van der Waals surface area contributed by atoms with Gasteiger partial charge in [0.15, 0.2) is 0 Å². The van der Waals surface area contributed by atoms with Crippen LogP contribution >= 0.6 is 0 Å². The molecule has 1 atom stereocenters. The number of nitriles is 1. The van der Waals surface area contributed by atoms with Gasteiger partial charge in [0.1, 0.15) is 22.7 Å². The number of aromatic amines is 1. The van der Waals surface area contributed by atoms with Gasteiger partial charge >= 0.3 is 0 Å². The highest BCUT2D eigenvalue weighted by Crippen LogP contribution is 2.26. The Labute approximate surface area is 136 Å². The number of aromatic nitrogens is 2. The lowest BCUT2D eigenvalue weighted by molar-refractivity contribution is -0.465. The molecule has 0 saturated carbocycles. The molecule has 0 bridgehead atoms. The van der Waals surface area contributed by atoms with Crippen LogP contribution in [0.2, 0.25) is 0 Å². The average molecular weight is 307 g/mol. The van der Waals surface area contributed by atoms with Crippen molar-refractivity contribution >= 4 is 22.5 Å². The van der Waals surface area contributed by atoms with Gasteiger partial charge in [-0.15, -0.1) is 0 Å². The predicted molar refractivity (Wildman–Crippen MR) is 93.6 cm³/mol. The Balaban J connectivity index is 2.41. The summed E-state index contributed by atoms with van der Waals surface area (Å²) in [7, 11) is 0. The molecule has 0 aliphatic heterocycles. The molecule has 0 saturated heterocycles. The van der Waals surface area contributed by atoms with Gasteiger partial charge in [0, 0.05) is 6.07 Å². The molecule has 0 fully saturated rings. The zero-order valence-electron chi connectivity index (χ0n) is 14.1. The first-order valence-electron chi connectivity index (χ1n) is 8.22. The van der Waals surface area contributed by atoms with E-state index in [1.165, 1.54) is 0 Å². The molecule has 0 aliphatic carbocycles. The van der Waals surface area contributed by atoms with Crippen molar-refractivity contribution in [1.82, 2.24) is 4.98 Å². The van der Waals surface area contributed by atoms with E-state index in [1.807, 2.05) is 18.2 Å². The summed E-state index contributed by atoms with van der Waals surface area (Å²) in [5.74, 6) is 1.33. The molecule has 0 spiro atoms. The molecule has 1 unspecified atom stereocenters. The highest BCUT2D eigenvalue weighted by Gasteiger charge is 2.23. The molecule has 3 rings (SSSR count). The number of hydrogen-bond donors (Lipinski definition) is 2. The van der Waals surface area contributed by atoms with E-state index in [2.05, 4.69) is 60.6 Å². The summed E-state index contributed by atoms with van der Waals surface area (Å²) in [6.07, 6.45) is 1.04. The number of hydrogen-bond acceptors (Lipinski definition) is 2. The molecule has 2 heterocycles. The summed E-state index contributed by atoms with van der Waals surface area (Å²) in [5, 5.41) is 13.3. The Morgan fingerprint density at radius 3 is 2.65 bits per heavy atom. The standard InChI is InChI=1S/C19H22N4/c1-5-13(4)21-18-10-14(12(2)3)15(11-20)19-22-16-8-6-7-9-17(16)23(18)19/h6-10,12-13H,5H2,1-4H3,(H,21,22)/p+1. The lowest BCUT2D eigenvalue weighted by Crippen LogP contribution is -2.30. The van der Waals surface area contributed by atoms with E-state index in [0.29, 0.717) is 12.0 Å². The topological polar surface area (TPSA) is 55.7 Å². The first-order chi connectivity index (χ1) is 11.1. The van der Waals surface area contributed by atoms with Crippen LogP contribution in [0, 0.1) is 11.3 Å². The van der Waals surface area contributed by atoms with Crippen LogP contribution in [0.1, 0.15) is 51.2 Å². The van der Waals surface area contributed by atoms with Gasteiger partial charge in [0.25, 0.3) is 0 Å². The van der Waals surface area contributed by atoms with E-state index >= 15 is 0 Å². The maximum absolute atomic E-state index is 9.71. The Hall–Kier alpha value is -2.54. The van der Waals surface area contributed by atoms with Crippen LogP contribution in [0.25, 0.3) is 16.7 Å². The highest BCUT2D eigenvalue weighted by atomic mass is 15.1. The molecule has 0 radical (unpaired) electrons. The molecular weight excluding hydrogens is 284 g/mol. The molecule has 3 aromatic rings. The second-order valence-corrected chi connectivity index (χ2v) is 6.41. The minimum Gasteiger partial charge on any atom is -0.303 e. The van der Waals surface area contributed by atoms with Crippen molar-refractivity contribution in [1.29, 1.82) is 5.26 Å². The maximum Gasteiger partial charge on any atom is 0.250 e. The second-order valence-electron chi connectivity index (χ2n) is 6.41. The van der Waals surface area contributed by atoms with Crippen LogP contribution in [0.15, 0.2) is 30.3 Å². The highest BCUT2D eigenvalue weighted by molar-refractivity contribution is 5.77. The van der Waals surface area contributed by atoms with E-state index in [4.69, 9.17) is 0 Å². The summed E-state index contributed by atoms with van der Waals surface area (Å²) in [6.45, 7) is 8.60. The third kappa shape index (κ3) is 2.53. The summed E-state index contributed by atoms with van der Waals surface area (Å²) >= 11 is 0. The molecule has 2 aromatic heterocycles. The molecule has 118 valence electrons. The number of nitrogens with one attached hydrogen (secondary N) is 2. The fourth-order valence-electron chi connectivity index (χ4n) is 2.96. The monoisotopic (exact) mass is 307 g/mol. The van der Waals surface area contributed by atoms with Crippen molar-refractivity contribution < 1.29 is 4.40 Å². The second kappa shape index (κ2) is 5.92. The van der Waals surface area contributed by atoms with Gasteiger partial charge in [-0.05, 0) is 37.0 Å². The van der Waals surface area contributed by atoms with E-state index in [9.17, 15) is 5.26 Å². The summed E-state index contributed by atoms with van der Waals surface area (Å²) in [6, 6.07) is 13.1.